The Kier molecular flexibility index (Phi) is 3.73. The summed E-state index contributed by atoms with van der Waals surface area (Å²) in [5, 5.41) is 13.5. The second-order valence-electron chi connectivity index (χ2n) is 5.77. The van der Waals surface area contributed by atoms with E-state index in [4.69, 9.17) is 0 Å². The molecule has 0 bridgehead atoms. The molecule has 2 aliphatic rings. The number of carbonyl (C=O) groups is 1. The van der Waals surface area contributed by atoms with Crippen molar-refractivity contribution in [3.63, 3.8) is 0 Å². The number of fused-ring (bicyclic) bond motifs is 1. The molecule has 110 valence electrons. The Morgan fingerprint density at radius 1 is 1.10 bits per heavy atom. The highest BCUT2D eigenvalue weighted by atomic mass is 16.6. The highest BCUT2D eigenvalue weighted by molar-refractivity contribution is 5.95. The van der Waals surface area contributed by atoms with E-state index >= 15 is 0 Å². The molecule has 2 atom stereocenters. The molecule has 0 heterocycles. The average Bonchev–Trinajstić information content (AvgIpc) is 3.10. The van der Waals surface area contributed by atoms with Crippen molar-refractivity contribution >= 4 is 17.3 Å². The highest BCUT2D eigenvalue weighted by Crippen LogP contribution is 2.53. The summed E-state index contributed by atoms with van der Waals surface area (Å²) in [6.45, 7) is 0. The van der Waals surface area contributed by atoms with Gasteiger partial charge in [-0.1, -0.05) is 12.2 Å². The molecule has 2 aliphatic carbocycles. The number of carbonyl (C=O) groups excluding carboxylic acids is 1. The number of hydrogen-bond donors (Lipinski definition) is 1. The van der Waals surface area contributed by atoms with E-state index in [0.29, 0.717) is 17.5 Å². The Bertz CT molecular complexity index is 564. The van der Waals surface area contributed by atoms with Crippen molar-refractivity contribution in [3.8, 4) is 0 Å². The number of nitro benzene ring substituents is 1. The third-order valence-corrected chi connectivity index (χ3v) is 4.48. The van der Waals surface area contributed by atoms with Gasteiger partial charge in [0.25, 0.3) is 5.69 Å². The first-order valence-electron chi connectivity index (χ1n) is 7.37. The number of nitrogens with zero attached hydrogens (tertiary/aromatic N) is 1. The lowest BCUT2D eigenvalue weighted by molar-refractivity contribution is -0.384. The molecule has 5 nitrogen and oxygen atoms in total. The van der Waals surface area contributed by atoms with Crippen molar-refractivity contribution in [1.82, 2.24) is 0 Å². The van der Waals surface area contributed by atoms with Crippen LogP contribution in [0.15, 0.2) is 36.4 Å². The summed E-state index contributed by atoms with van der Waals surface area (Å²) >= 11 is 0. The van der Waals surface area contributed by atoms with E-state index in [9.17, 15) is 14.9 Å². The van der Waals surface area contributed by atoms with Crippen LogP contribution < -0.4 is 5.32 Å². The van der Waals surface area contributed by atoms with Crippen molar-refractivity contribution < 1.29 is 9.72 Å². The smallest absolute Gasteiger partial charge is 0.269 e. The minimum atomic E-state index is -0.443. The number of nitrogens with one attached hydrogen (secondary N) is 1. The fourth-order valence-electron chi connectivity index (χ4n) is 3.33. The average molecular weight is 286 g/mol. The fraction of sp³-hybridized carbons (Fsp3) is 0.438. The van der Waals surface area contributed by atoms with E-state index in [1.54, 1.807) is 12.1 Å². The maximum Gasteiger partial charge on any atom is 0.269 e. The first-order chi connectivity index (χ1) is 10.2. The summed E-state index contributed by atoms with van der Waals surface area (Å²) in [6.07, 6.45) is 8.70. The number of anilines is 1. The van der Waals surface area contributed by atoms with Gasteiger partial charge in [0.2, 0.25) is 5.91 Å². The Morgan fingerprint density at radius 2 is 1.67 bits per heavy atom. The summed E-state index contributed by atoms with van der Waals surface area (Å²) < 4.78 is 0. The van der Waals surface area contributed by atoms with Crippen LogP contribution in [0, 0.1) is 27.9 Å². The predicted molar refractivity (Wildman–Crippen MR) is 79.8 cm³/mol. The number of benzene rings is 1. The molecule has 1 fully saturated rings. The molecule has 3 rings (SSSR count). The van der Waals surface area contributed by atoms with E-state index in [1.165, 1.54) is 12.1 Å². The molecule has 0 aliphatic heterocycles. The lowest BCUT2D eigenvalue weighted by atomic mass is 10.1. The molecule has 1 aromatic carbocycles. The monoisotopic (exact) mass is 286 g/mol. The van der Waals surface area contributed by atoms with Gasteiger partial charge in [-0.05, 0) is 49.7 Å². The van der Waals surface area contributed by atoms with Crippen molar-refractivity contribution in [3.05, 3.63) is 46.5 Å². The minimum Gasteiger partial charge on any atom is -0.326 e. The summed E-state index contributed by atoms with van der Waals surface area (Å²) in [4.78, 5) is 22.5. The van der Waals surface area contributed by atoms with Crippen LogP contribution in [0.2, 0.25) is 0 Å². The molecule has 1 saturated carbocycles. The lowest BCUT2D eigenvalue weighted by Crippen LogP contribution is -2.15. The van der Waals surface area contributed by atoms with Gasteiger partial charge in [-0.3, -0.25) is 14.9 Å². The first kappa shape index (κ1) is 13.8. The quantitative estimate of drug-likeness (QED) is 0.525. The summed E-state index contributed by atoms with van der Waals surface area (Å²) in [7, 11) is 0. The standard InChI is InChI=1S/C16H18N2O3/c19-16(15-13-5-3-1-2-4-6-14(13)15)17-11-7-9-12(10-8-11)18(20)21/h1-2,7-10,13-15H,3-6H2,(H,17,19)/t13-,14-/m0/s1. The van der Waals surface area contributed by atoms with Crippen LogP contribution in [-0.2, 0) is 4.79 Å². The summed E-state index contributed by atoms with van der Waals surface area (Å²) in [5.74, 6) is 1.18. The van der Waals surface area contributed by atoms with Crippen LogP contribution >= 0.6 is 0 Å². The second kappa shape index (κ2) is 5.68. The van der Waals surface area contributed by atoms with Gasteiger partial charge in [0, 0.05) is 23.7 Å². The summed E-state index contributed by atoms with van der Waals surface area (Å²) in [6, 6.07) is 6.00. The number of allylic oxidation sites excluding steroid dienone is 2. The highest BCUT2D eigenvalue weighted by Gasteiger charge is 2.53. The first-order valence-corrected chi connectivity index (χ1v) is 7.37. The van der Waals surface area contributed by atoms with Crippen molar-refractivity contribution in [2.24, 2.45) is 17.8 Å². The molecule has 21 heavy (non-hydrogen) atoms. The van der Waals surface area contributed by atoms with Gasteiger partial charge in [0.15, 0.2) is 0 Å². The lowest BCUT2D eigenvalue weighted by Gasteiger charge is -2.04. The summed E-state index contributed by atoms with van der Waals surface area (Å²) in [5.41, 5.74) is 0.662. The van der Waals surface area contributed by atoms with Crippen LogP contribution in [0.4, 0.5) is 11.4 Å². The number of rotatable bonds is 3. The largest absolute Gasteiger partial charge is 0.326 e. The Hall–Kier alpha value is -2.17. The van der Waals surface area contributed by atoms with Gasteiger partial charge in [-0.2, -0.15) is 0 Å². The van der Waals surface area contributed by atoms with E-state index in [0.717, 1.165) is 25.7 Å². The molecule has 1 amide bonds. The number of hydrogen-bond acceptors (Lipinski definition) is 3. The normalized spacial score (nSPS) is 27.1. The van der Waals surface area contributed by atoms with Crippen molar-refractivity contribution in [1.29, 1.82) is 0 Å². The molecule has 0 spiro atoms. The zero-order valence-corrected chi connectivity index (χ0v) is 11.7. The van der Waals surface area contributed by atoms with Crippen LogP contribution in [0.1, 0.15) is 25.7 Å². The molecular formula is C16H18N2O3. The molecule has 5 heteroatoms. The van der Waals surface area contributed by atoms with Crippen LogP contribution in [-0.4, -0.2) is 10.8 Å². The van der Waals surface area contributed by atoms with Crippen LogP contribution in [0.5, 0.6) is 0 Å². The predicted octanol–water partition coefficient (Wildman–Crippen LogP) is 3.53. The van der Waals surface area contributed by atoms with Gasteiger partial charge in [0.1, 0.15) is 0 Å². The Morgan fingerprint density at radius 3 is 2.19 bits per heavy atom. The molecule has 0 saturated heterocycles. The third-order valence-electron chi connectivity index (χ3n) is 4.48. The van der Waals surface area contributed by atoms with Gasteiger partial charge in [-0.15, -0.1) is 0 Å². The SMILES string of the molecule is O=C(Nc1ccc([N+](=O)[O-])cc1)C1[C@H]2CCC=CCC[C@H]12. The maximum absolute atomic E-state index is 12.3. The molecule has 1 aromatic rings. The van der Waals surface area contributed by atoms with E-state index in [1.807, 2.05) is 0 Å². The van der Waals surface area contributed by atoms with Crippen LogP contribution in [0.25, 0.3) is 0 Å². The fourth-order valence-corrected chi connectivity index (χ4v) is 3.33. The van der Waals surface area contributed by atoms with E-state index in [-0.39, 0.29) is 17.5 Å². The van der Waals surface area contributed by atoms with Gasteiger partial charge >= 0.3 is 0 Å². The molecule has 0 unspecified atom stereocenters. The minimum absolute atomic E-state index is 0.0344. The Balaban J connectivity index is 1.61. The second-order valence-corrected chi connectivity index (χ2v) is 5.77. The van der Waals surface area contributed by atoms with Gasteiger partial charge in [-0.25, -0.2) is 0 Å². The van der Waals surface area contributed by atoms with Crippen molar-refractivity contribution in [2.45, 2.75) is 25.7 Å². The molecule has 1 N–H and O–H groups in total. The number of nitro groups is 1. The van der Waals surface area contributed by atoms with Crippen molar-refractivity contribution in [2.75, 3.05) is 5.32 Å². The zero-order chi connectivity index (χ0) is 14.8. The van der Waals surface area contributed by atoms with Gasteiger partial charge in [0.05, 0.1) is 4.92 Å². The molecule has 0 radical (unpaired) electrons. The molecule has 0 aromatic heterocycles. The zero-order valence-electron chi connectivity index (χ0n) is 11.7. The van der Waals surface area contributed by atoms with E-state index in [2.05, 4.69) is 17.5 Å². The van der Waals surface area contributed by atoms with Crippen LogP contribution in [0.3, 0.4) is 0 Å². The maximum atomic E-state index is 12.3. The Labute approximate surface area is 123 Å². The topological polar surface area (TPSA) is 72.2 Å². The van der Waals surface area contributed by atoms with E-state index < -0.39 is 4.92 Å². The number of amides is 1. The third kappa shape index (κ3) is 2.96. The number of non-ortho nitro benzene ring substituents is 1. The van der Waals surface area contributed by atoms with Gasteiger partial charge < -0.3 is 5.32 Å². The molecular weight excluding hydrogens is 268 g/mol.